The zero-order chi connectivity index (χ0) is 17.4. The molecule has 3 nitrogen and oxygen atoms in total. The van der Waals surface area contributed by atoms with E-state index in [0.29, 0.717) is 15.2 Å². The van der Waals surface area contributed by atoms with Crippen molar-refractivity contribution in [1.29, 1.82) is 0 Å². The van der Waals surface area contributed by atoms with Crippen molar-refractivity contribution >= 4 is 38.3 Å². The molecule has 0 aliphatic carbocycles. The molecule has 0 unspecified atom stereocenters. The largest absolute Gasteiger partial charge is 0.478 e. The van der Waals surface area contributed by atoms with Gasteiger partial charge in [0.25, 0.3) is 0 Å². The van der Waals surface area contributed by atoms with Gasteiger partial charge in [-0.1, -0.05) is 60.7 Å². The Labute approximate surface area is 147 Å². The number of aromatic carboxylic acids is 1. The minimum absolute atomic E-state index is 0.168. The molecule has 1 atom stereocenters. The van der Waals surface area contributed by atoms with Gasteiger partial charge in [0.2, 0.25) is 0 Å². The zero-order valence-electron chi connectivity index (χ0n) is 13.2. The molecule has 0 aliphatic heterocycles. The summed E-state index contributed by atoms with van der Waals surface area (Å²) in [5, 5.41) is 12.7. The highest BCUT2D eigenvalue weighted by molar-refractivity contribution is 7.85. The number of rotatable bonds is 3. The Hall–Kier alpha value is -2.98. The predicted octanol–water partition coefficient (Wildman–Crippen LogP) is 4.86. The van der Waals surface area contributed by atoms with Crippen LogP contribution >= 0.6 is 0 Å². The summed E-state index contributed by atoms with van der Waals surface area (Å²) in [4.78, 5) is 12.8. The standard InChI is InChI=1S/C21H14O3S/c22-21(23)17-11-3-8-15-9-5-13-19(20(15)17)25(24)18-12-4-7-14-6-1-2-10-16(14)18/h1-13H,(H,22,23)/t25-/m1/s1. The second kappa shape index (κ2) is 6.15. The number of carboxylic acids is 1. The van der Waals surface area contributed by atoms with E-state index in [1.807, 2.05) is 60.7 Å². The SMILES string of the molecule is O=C(O)c1cccc2cccc([S@](=O)c3cccc4ccccc34)c12. The van der Waals surface area contributed by atoms with E-state index in [0.717, 1.165) is 16.2 Å². The summed E-state index contributed by atoms with van der Waals surface area (Å²) in [5.74, 6) is -1.02. The van der Waals surface area contributed by atoms with Gasteiger partial charge in [-0.3, -0.25) is 0 Å². The topological polar surface area (TPSA) is 54.4 Å². The molecule has 4 aromatic rings. The van der Waals surface area contributed by atoms with Crippen molar-refractivity contribution in [2.45, 2.75) is 9.79 Å². The lowest BCUT2D eigenvalue weighted by Crippen LogP contribution is -2.02. The molecule has 0 aromatic heterocycles. The summed E-state index contributed by atoms with van der Waals surface area (Å²) in [5.41, 5.74) is 0.168. The van der Waals surface area contributed by atoms with Crippen molar-refractivity contribution in [2.24, 2.45) is 0 Å². The lowest BCUT2D eigenvalue weighted by atomic mass is 10.0. The van der Waals surface area contributed by atoms with Crippen LogP contribution in [-0.2, 0) is 10.8 Å². The highest BCUT2D eigenvalue weighted by Crippen LogP contribution is 2.31. The molecule has 1 N–H and O–H groups in total. The van der Waals surface area contributed by atoms with Crippen molar-refractivity contribution in [3.05, 3.63) is 84.4 Å². The highest BCUT2D eigenvalue weighted by atomic mass is 32.2. The fourth-order valence-electron chi connectivity index (χ4n) is 3.12. The van der Waals surface area contributed by atoms with Gasteiger partial charge in [0.1, 0.15) is 0 Å². The van der Waals surface area contributed by atoms with Crippen molar-refractivity contribution in [3.63, 3.8) is 0 Å². The van der Waals surface area contributed by atoms with E-state index >= 15 is 0 Å². The van der Waals surface area contributed by atoms with Gasteiger partial charge < -0.3 is 5.11 Å². The average molecular weight is 346 g/mol. The van der Waals surface area contributed by atoms with E-state index in [4.69, 9.17) is 0 Å². The van der Waals surface area contributed by atoms with Gasteiger partial charge in [0, 0.05) is 5.39 Å². The summed E-state index contributed by atoms with van der Waals surface area (Å²) >= 11 is 0. The van der Waals surface area contributed by atoms with Crippen molar-refractivity contribution < 1.29 is 14.1 Å². The predicted molar refractivity (Wildman–Crippen MR) is 99.5 cm³/mol. The normalized spacial score (nSPS) is 12.3. The number of fused-ring (bicyclic) bond motifs is 2. The first kappa shape index (κ1) is 15.5. The number of carbonyl (C=O) groups is 1. The molecular weight excluding hydrogens is 332 g/mol. The Morgan fingerprint density at radius 1 is 0.720 bits per heavy atom. The van der Waals surface area contributed by atoms with Crippen LogP contribution in [0.15, 0.2) is 88.7 Å². The lowest BCUT2D eigenvalue weighted by Gasteiger charge is -2.11. The fourth-order valence-corrected chi connectivity index (χ4v) is 4.56. The number of benzene rings is 4. The maximum absolute atomic E-state index is 13.4. The van der Waals surface area contributed by atoms with E-state index in [2.05, 4.69) is 0 Å². The monoisotopic (exact) mass is 346 g/mol. The van der Waals surface area contributed by atoms with E-state index in [1.54, 1.807) is 18.2 Å². The Morgan fingerprint density at radius 3 is 2.08 bits per heavy atom. The minimum atomic E-state index is -1.49. The van der Waals surface area contributed by atoms with Crippen LogP contribution in [0.4, 0.5) is 0 Å². The molecule has 0 amide bonds. The van der Waals surface area contributed by atoms with Crippen LogP contribution in [0, 0.1) is 0 Å². The third-order valence-electron chi connectivity index (χ3n) is 4.25. The van der Waals surface area contributed by atoms with Gasteiger partial charge in [0.05, 0.1) is 26.2 Å². The second-order valence-electron chi connectivity index (χ2n) is 5.71. The molecule has 4 rings (SSSR count). The maximum atomic E-state index is 13.4. The lowest BCUT2D eigenvalue weighted by molar-refractivity contribution is 0.0699. The highest BCUT2D eigenvalue weighted by Gasteiger charge is 2.18. The fraction of sp³-hybridized carbons (Fsp3) is 0. The van der Waals surface area contributed by atoms with Crippen LogP contribution in [-0.4, -0.2) is 15.3 Å². The van der Waals surface area contributed by atoms with E-state index in [9.17, 15) is 14.1 Å². The van der Waals surface area contributed by atoms with Crippen molar-refractivity contribution in [3.8, 4) is 0 Å². The third-order valence-corrected chi connectivity index (χ3v) is 5.74. The van der Waals surface area contributed by atoms with Crippen LogP contribution in [0.2, 0.25) is 0 Å². The number of hydrogen-bond acceptors (Lipinski definition) is 2. The Bertz CT molecular complexity index is 1140. The molecule has 0 saturated heterocycles. The summed E-state index contributed by atoms with van der Waals surface area (Å²) in [6, 6.07) is 23.9. The summed E-state index contributed by atoms with van der Waals surface area (Å²) < 4.78 is 13.4. The quantitative estimate of drug-likeness (QED) is 0.576. The first-order chi connectivity index (χ1) is 12.2. The molecule has 4 heteroatoms. The Balaban J connectivity index is 2.01. The number of carboxylic acid groups (broad SMARTS) is 1. The second-order valence-corrected chi connectivity index (χ2v) is 7.13. The Kier molecular flexibility index (Phi) is 3.82. The Morgan fingerprint density at radius 2 is 1.32 bits per heavy atom. The van der Waals surface area contributed by atoms with Gasteiger partial charge in [-0.2, -0.15) is 0 Å². The van der Waals surface area contributed by atoms with Gasteiger partial charge in [-0.05, 0) is 34.4 Å². The zero-order valence-corrected chi connectivity index (χ0v) is 14.0. The smallest absolute Gasteiger partial charge is 0.336 e. The molecule has 0 heterocycles. The summed E-state index contributed by atoms with van der Waals surface area (Å²) in [6.45, 7) is 0. The molecular formula is C21H14O3S. The molecule has 0 spiro atoms. The summed E-state index contributed by atoms with van der Waals surface area (Å²) in [6.07, 6.45) is 0. The van der Waals surface area contributed by atoms with Gasteiger partial charge in [0.15, 0.2) is 0 Å². The summed E-state index contributed by atoms with van der Waals surface area (Å²) in [7, 11) is -1.49. The van der Waals surface area contributed by atoms with Gasteiger partial charge in [-0.25, -0.2) is 9.00 Å². The van der Waals surface area contributed by atoms with Crippen molar-refractivity contribution in [1.82, 2.24) is 0 Å². The molecule has 0 fully saturated rings. The molecule has 0 aliphatic rings. The number of hydrogen-bond donors (Lipinski definition) is 1. The van der Waals surface area contributed by atoms with Crippen LogP contribution in [0.25, 0.3) is 21.5 Å². The molecule has 25 heavy (non-hydrogen) atoms. The molecule has 0 bridgehead atoms. The maximum Gasteiger partial charge on any atom is 0.336 e. The first-order valence-corrected chi connectivity index (χ1v) is 8.96. The molecule has 4 aromatic carbocycles. The third kappa shape index (κ3) is 2.61. The van der Waals surface area contributed by atoms with Crippen LogP contribution in [0.5, 0.6) is 0 Å². The first-order valence-electron chi connectivity index (χ1n) is 7.81. The van der Waals surface area contributed by atoms with E-state index < -0.39 is 16.8 Å². The van der Waals surface area contributed by atoms with Crippen LogP contribution in [0.3, 0.4) is 0 Å². The molecule has 0 radical (unpaired) electrons. The van der Waals surface area contributed by atoms with Crippen LogP contribution < -0.4 is 0 Å². The van der Waals surface area contributed by atoms with Crippen LogP contribution in [0.1, 0.15) is 10.4 Å². The van der Waals surface area contributed by atoms with E-state index in [1.165, 1.54) is 0 Å². The average Bonchev–Trinajstić information content (AvgIpc) is 2.66. The van der Waals surface area contributed by atoms with Crippen molar-refractivity contribution in [2.75, 3.05) is 0 Å². The van der Waals surface area contributed by atoms with Gasteiger partial charge in [-0.15, -0.1) is 0 Å². The van der Waals surface area contributed by atoms with Gasteiger partial charge >= 0.3 is 5.97 Å². The molecule has 122 valence electrons. The van der Waals surface area contributed by atoms with E-state index in [-0.39, 0.29) is 5.56 Å². The molecule has 0 saturated carbocycles. The minimum Gasteiger partial charge on any atom is -0.478 e.